The predicted octanol–water partition coefficient (Wildman–Crippen LogP) is 5.69. The number of halogens is 3. The number of thiocarbonyl (C=S) groups is 1. The van der Waals surface area contributed by atoms with Crippen LogP contribution in [0, 0.1) is 6.92 Å². The van der Waals surface area contributed by atoms with E-state index in [0.717, 1.165) is 22.4 Å². The number of aryl methyl sites for hydroxylation is 1. The largest absolute Gasteiger partial charge is 0.573 e. The van der Waals surface area contributed by atoms with Crippen molar-refractivity contribution in [3.05, 3.63) is 90.3 Å². The smallest absolute Gasteiger partial charge is 0.406 e. The van der Waals surface area contributed by atoms with Gasteiger partial charge in [0.25, 0.3) is 0 Å². The fourth-order valence-electron chi connectivity index (χ4n) is 4.12. The van der Waals surface area contributed by atoms with E-state index in [1.807, 2.05) is 55.5 Å². The highest BCUT2D eigenvalue weighted by Gasteiger charge is 2.31. The standard InChI is InChI=1S/C28H23F3N6O2S2/c1-18-5-2-3-8-23(18)37-24(38)16-41-27(37)34-26(40)32-14-13-19-6-4-7-20(15-19)25-33-17-36(35-25)21-9-11-22(12-10-21)39-28(29,30)31/h2-12,15,17H,13-14,16H2,1H3,(H,32,40)/b34-27-. The van der Waals surface area contributed by atoms with Crippen LogP contribution in [0.3, 0.4) is 0 Å². The molecule has 4 aromatic rings. The van der Waals surface area contributed by atoms with Crippen molar-refractivity contribution in [3.63, 3.8) is 0 Å². The Hall–Kier alpha value is -4.23. The van der Waals surface area contributed by atoms with Gasteiger partial charge >= 0.3 is 6.36 Å². The van der Waals surface area contributed by atoms with Gasteiger partial charge in [0.05, 0.1) is 17.1 Å². The zero-order valence-electron chi connectivity index (χ0n) is 21.6. The number of rotatable bonds is 7. The van der Waals surface area contributed by atoms with E-state index in [9.17, 15) is 18.0 Å². The number of nitrogens with zero attached hydrogens (tertiary/aromatic N) is 5. The number of ether oxygens (including phenoxy) is 1. The lowest BCUT2D eigenvalue weighted by Crippen LogP contribution is -2.32. The molecule has 1 saturated heterocycles. The molecule has 0 saturated carbocycles. The molecular weight excluding hydrogens is 573 g/mol. The number of carbonyl (C=O) groups excluding carboxylic acids is 1. The number of amidine groups is 1. The summed E-state index contributed by atoms with van der Waals surface area (Å²) in [6, 6.07) is 20.7. The quantitative estimate of drug-likeness (QED) is 0.274. The van der Waals surface area contributed by atoms with E-state index in [2.05, 4.69) is 25.1 Å². The first-order valence-electron chi connectivity index (χ1n) is 12.4. The predicted molar refractivity (Wildman–Crippen MR) is 156 cm³/mol. The molecule has 0 aliphatic carbocycles. The number of thioether (sulfide) groups is 1. The molecule has 0 unspecified atom stereocenters. The molecule has 210 valence electrons. The van der Waals surface area contributed by atoms with Crippen LogP contribution in [-0.4, -0.2) is 49.6 Å². The van der Waals surface area contributed by atoms with Gasteiger partial charge in [-0.25, -0.2) is 9.67 Å². The maximum absolute atomic E-state index is 12.5. The van der Waals surface area contributed by atoms with Gasteiger partial charge in [0.2, 0.25) is 5.91 Å². The molecule has 3 aromatic carbocycles. The number of benzene rings is 3. The first-order chi connectivity index (χ1) is 19.7. The topological polar surface area (TPSA) is 84.6 Å². The minimum atomic E-state index is -4.75. The van der Waals surface area contributed by atoms with Crippen LogP contribution in [0.1, 0.15) is 11.1 Å². The van der Waals surface area contributed by atoms with Crippen LogP contribution in [0.5, 0.6) is 5.75 Å². The van der Waals surface area contributed by atoms with Gasteiger partial charge in [-0.1, -0.05) is 48.2 Å². The minimum absolute atomic E-state index is 0.0359. The van der Waals surface area contributed by atoms with Crippen molar-refractivity contribution in [2.24, 2.45) is 4.99 Å². The van der Waals surface area contributed by atoms with Gasteiger partial charge in [-0.3, -0.25) is 9.69 Å². The molecule has 0 atom stereocenters. The molecule has 1 fully saturated rings. The van der Waals surface area contributed by atoms with Gasteiger partial charge in [0.15, 0.2) is 16.1 Å². The summed E-state index contributed by atoms with van der Waals surface area (Å²) in [7, 11) is 0. The fourth-order valence-corrected chi connectivity index (χ4v) is 5.24. The van der Waals surface area contributed by atoms with Gasteiger partial charge in [-0.05, 0) is 73.1 Å². The van der Waals surface area contributed by atoms with E-state index in [0.29, 0.717) is 40.5 Å². The number of amides is 1. The summed E-state index contributed by atoms with van der Waals surface area (Å²) < 4.78 is 42.6. The molecule has 5 rings (SSSR count). The van der Waals surface area contributed by atoms with Crippen molar-refractivity contribution >= 4 is 45.9 Å². The Balaban J connectivity index is 1.19. The zero-order valence-corrected chi connectivity index (χ0v) is 23.3. The summed E-state index contributed by atoms with van der Waals surface area (Å²) in [4.78, 5) is 23.0. The second kappa shape index (κ2) is 12.1. The van der Waals surface area contributed by atoms with E-state index >= 15 is 0 Å². The normalized spacial score (nSPS) is 14.5. The molecule has 1 aliphatic rings. The number of aromatic nitrogens is 3. The van der Waals surface area contributed by atoms with Gasteiger partial charge in [-0.2, -0.15) is 4.99 Å². The van der Waals surface area contributed by atoms with E-state index in [-0.39, 0.29) is 11.7 Å². The van der Waals surface area contributed by atoms with Gasteiger partial charge in [0.1, 0.15) is 12.1 Å². The van der Waals surface area contributed by atoms with Crippen molar-refractivity contribution in [1.29, 1.82) is 0 Å². The zero-order chi connectivity index (χ0) is 29.0. The Morgan fingerprint density at radius 2 is 1.90 bits per heavy atom. The molecule has 1 N–H and O–H groups in total. The van der Waals surface area contributed by atoms with E-state index in [1.165, 1.54) is 47.0 Å². The summed E-state index contributed by atoms with van der Waals surface area (Å²) >= 11 is 6.78. The van der Waals surface area contributed by atoms with Crippen LogP contribution in [0.25, 0.3) is 17.1 Å². The second-order valence-corrected chi connectivity index (χ2v) is 10.3. The third-order valence-electron chi connectivity index (χ3n) is 6.02. The summed E-state index contributed by atoms with van der Waals surface area (Å²) in [6.07, 6.45) is -2.61. The van der Waals surface area contributed by atoms with Crippen molar-refractivity contribution in [2.75, 3.05) is 17.2 Å². The molecule has 0 radical (unpaired) electrons. The monoisotopic (exact) mass is 596 g/mol. The van der Waals surface area contributed by atoms with E-state index in [4.69, 9.17) is 12.2 Å². The number of hydrogen-bond acceptors (Lipinski definition) is 6. The number of hydrogen-bond donors (Lipinski definition) is 1. The number of nitrogens with one attached hydrogen (secondary N) is 1. The molecule has 1 aromatic heterocycles. The number of para-hydroxylation sites is 1. The lowest BCUT2D eigenvalue weighted by molar-refractivity contribution is -0.274. The lowest BCUT2D eigenvalue weighted by Gasteiger charge is -2.18. The van der Waals surface area contributed by atoms with Gasteiger partial charge < -0.3 is 10.1 Å². The first kappa shape index (κ1) is 28.3. The maximum Gasteiger partial charge on any atom is 0.573 e. The molecule has 0 spiro atoms. The molecule has 8 nitrogen and oxygen atoms in total. The fraction of sp³-hybridized carbons (Fsp3) is 0.179. The Kier molecular flexibility index (Phi) is 8.36. The van der Waals surface area contributed by atoms with Crippen molar-refractivity contribution in [3.8, 4) is 22.8 Å². The van der Waals surface area contributed by atoms with Gasteiger partial charge in [0, 0.05) is 12.1 Å². The number of anilines is 1. The highest BCUT2D eigenvalue weighted by atomic mass is 32.2. The van der Waals surface area contributed by atoms with Crippen LogP contribution in [0.2, 0.25) is 0 Å². The maximum atomic E-state index is 12.5. The van der Waals surface area contributed by atoms with Crippen LogP contribution < -0.4 is 15.0 Å². The Labute approximate surface area is 243 Å². The third kappa shape index (κ3) is 7.11. The average Bonchev–Trinajstić information content (AvgIpc) is 3.56. The van der Waals surface area contributed by atoms with Crippen LogP contribution >= 0.6 is 24.0 Å². The van der Waals surface area contributed by atoms with Crippen LogP contribution in [0.15, 0.2) is 84.1 Å². The van der Waals surface area contributed by atoms with Crippen molar-refractivity contribution in [1.82, 2.24) is 20.1 Å². The molecule has 0 bridgehead atoms. The molecular formula is C28H23F3N6O2S2. The average molecular weight is 597 g/mol. The van der Waals surface area contributed by atoms with Crippen LogP contribution in [0.4, 0.5) is 18.9 Å². The molecule has 1 aliphatic heterocycles. The Morgan fingerprint density at radius 3 is 2.66 bits per heavy atom. The molecule has 13 heteroatoms. The van der Waals surface area contributed by atoms with Crippen molar-refractivity contribution in [2.45, 2.75) is 19.7 Å². The summed E-state index contributed by atoms with van der Waals surface area (Å²) in [6.45, 7) is 2.47. The molecule has 2 heterocycles. The SMILES string of the molecule is Cc1ccccc1N1C(=O)CS/C1=N\C(=S)NCCc1cccc(-c2ncn(-c3ccc(OC(F)(F)F)cc3)n2)c1. The Bertz CT molecular complexity index is 1600. The van der Waals surface area contributed by atoms with Gasteiger partial charge in [-0.15, -0.1) is 18.3 Å². The first-order valence-corrected chi connectivity index (χ1v) is 13.8. The number of alkyl halides is 3. The summed E-state index contributed by atoms with van der Waals surface area (Å²) in [5.41, 5.74) is 4.11. The van der Waals surface area contributed by atoms with Crippen LogP contribution in [-0.2, 0) is 11.2 Å². The highest BCUT2D eigenvalue weighted by Crippen LogP contribution is 2.29. The summed E-state index contributed by atoms with van der Waals surface area (Å²) in [5, 5.41) is 8.44. The molecule has 1 amide bonds. The highest BCUT2D eigenvalue weighted by molar-refractivity contribution is 8.15. The van der Waals surface area contributed by atoms with Crippen molar-refractivity contribution < 1.29 is 22.7 Å². The number of aliphatic imine (C=N–C) groups is 1. The molecule has 41 heavy (non-hydrogen) atoms. The minimum Gasteiger partial charge on any atom is -0.406 e. The second-order valence-electron chi connectivity index (χ2n) is 8.94. The Morgan fingerprint density at radius 1 is 1.12 bits per heavy atom. The van der Waals surface area contributed by atoms with E-state index in [1.54, 1.807) is 4.90 Å². The number of carbonyl (C=O) groups is 1. The van der Waals surface area contributed by atoms with E-state index < -0.39 is 6.36 Å². The lowest BCUT2D eigenvalue weighted by atomic mass is 10.1. The summed E-state index contributed by atoms with van der Waals surface area (Å²) in [5.74, 6) is 0.431. The third-order valence-corrected chi connectivity index (χ3v) is 7.18.